The van der Waals surface area contributed by atoms with Crippen LogP contribution in [0.25, 0.3) is 16.6 Å². The Hall–Kier alpha value is -4.13. The van der Waals surface area contributed by atoms with Crippen LogP contribution in [-0.2, 0) is 16.0 Å². The predicted molar refractivity (Wildman–Crippen MR) is 121 cm³/mol. The lowest BCUT2D eigenvalue weighted by atomic mass is 10.1. The van der Waals surface area contributed by atoms with E-state index in [1.165, 1.54) is 0 Å². The largest absolute Gasteiger partial charge is 0.461 e. The predicted octanol–water partition coefficient (Wildman–Crippen LogP) is 5.17. The molecule has 0 saturated heterocycles. The van der Waals surface area contributed by atoms with Crippen molar-refractivity contribution in [2.24, 2.45) is 0 Å². The van der Waals surface area contributed by atoms with Gasteiger partial charge in [-0.05, 0) is 55.0 Å². The van der Waals surface area contributed by atoms with Crippen LogP contribution < -0.4 is 4.74 Å². The van der Waals surface area contributed by atoms with E-state index in [-0.39, 0.29) is 13.0 Å². The van der Waals surface area contributed by atoms with Gasteiger partial charge in [0.1, 0.15) is 11.5 Å². The summed E-state index contributed by atoms with van der Waals surface area (Å²) in [6.07, 6.45) is 1.79. The molecule has 0 N–H and O–H groups in total. The minimum absolute atomic E-state index is 0.0471. The van der Waals surface area contributed by atoms with E-state index in [0.29, 0.717) is 11.3 Å². The van der Waals surface area contributed by atoms with Crippen molar-refractivity contribution in [3.63, 3.8) is 0 Å². The third kappa shape index (κ3) is 4.46. The molecule has 0 radical (unpaired) electrons. The van der Waals surface area contributed by atoms with Gasteiger partial charge < -0.3 is 14.0 Å². The first-order valence-corrected chi connectivity index (χ1v) is 10.3. The number of ether oxygens (including phenoxy) is 2. The molecule has 1 heterocycles. The summed E-state index contributed by atoms with van der Waals surface area (Å²) in [5.74, 6) is 0.628. The van der Waals surface area contributed by atoms with Crippen molar-refractivity contribution in [3.8, 4) is 17.2 Å². The first kappa shape index (κ1) is 21.1. The molecule has 0 bridgehead atoms. The Bertz CT molecular complexity index is 1230. The molecule has 7 nitrogen and oxygen atoms in total. The van der Waals surface area contributed by atoms with E-state index in [2.05, 4.69) is 0 Å². The molecule has 7 heteroatoms. The Labute approximate surface area is 185 Å². The smallest absolute Gasteiger partial charge is 0.382 e. The van der Waals surface area contributed by atoms with Gasteiger partial charge in [0.25, 0.3) is 0 Å². The number of rotatable bonds is 8. The number of carbonyl (C=O) groups is 1. The average molecular weight is 430 g/mol. The van der Waals surface area contributed by atoms with E-state index in [1.807, 2.05) is 89.6 Å². The average Bonchev–Trinajstić information content (AvgIpc) is 3.17. The highest BCUT2D eigenvalue weighted by atomic mass is 16.6. The highest BCUT2D eigenvalue weighted by Gasteiger charge is 2.32. The van der Waals surface area contributed by atoms with E-state index in [4.69, 9.17) is 9.47 Å². The SMILES string of the molecule is CCOC(=O)C(Cc1cn(-c2ccc(Oc3ccccc3)cc2)c2ccccc12)[N+](=O)[O-]. The molecule has 0 spiro atoms. The Morgan fingerprint density at radius 1 is 0.969 bits per heavy atom. The molecule has 1 aromatic heterocycles. The van der Waals surface area contributed by atoms with Crippen molar-refractivity contribution in [2.75, 3.05) is 6.61 Å². The van der Waals surface area contributed by atoms with Gasteiger partial charge in [0.15, 0.2) is 0 Å². The molecule has 0 amide bonds. The molecule has 0 saturated carbocycles. The molecule has 162 valence electrons. The van der Waals surface area contributed by atoms with Crippen LogP contribution in [0.3, 0.4) is 0 Å². The van der Waals surface area contributed by atoms with Crippen LogP contribution in [0.5, 0.6) is 11.5 Å². The van der Waals surface area contributed by atoms with E-state index in [0.717, 1.165) is 22.3 Å². The van der Waals surface area contributed by atoms with Crippen molar-refractivity contribution in [3.05, 3.63) is 101 Å². The number of fused-ring (bicyclic) bond motifs is 1. The van der Waals surface area contributed by atoms with Crippen molar-refractivity contribution in [2.45, 2.75) is 19.4 Å². The minimum Gasteiger partial charge on any atom is -0.461 e. The number of nitrogens with zero attached hydrogens (tertiary/aromatic N) is 2. The summed E-state index contributed by atoms with van der Waals surface area (Å²) in [5.41, 5.74) is 2.48. The lowest BCUT2D eigenvalue weighted by Gasteiger charge is -2.09. The zero-order valence-electron chi connectivity index (χ0n) is 17.5. The number of hydrogen-bond acceptors (Lipinski definition) is 5. The highest BCUT2D eigenvalue weighted by Crippen LogP contribution is 2.28. The van der Waals surface area contributed by atoms with E-state index >= 15 is 0 Å². The van der Waals surface area contributed by atoms with Crippen LogP contribution in [0, 0.1) is 10.1 Å². The fourth-order valence-electron chi connectivity index (χ4n) is 3.62. The maximum Gasteiger partial charge on any atom is 0.382 e. The second-order valence-corrected chi connectivity index (χ2v) is 7.21. The summed E-state index contributed by atoms with van der Waals surface area (Å²) >= 11 is 0. The van der Waals surface area contributed by atoms with E-state index in [1.54, 1.807) is 6.92 Å². The Morgan fingerprint density at radius 3 is 2.31 bits per heavy atom. The Balaban J connectivity index is 1.65. The van der Waals surface area contributed by atoms with Crippen molar-refractivity contribution in [1.29, 1.82) is 0 Å². The topological polar surface area (TPSA) is 83.6 Å². The summed E-state index contributed by atoms with van der Waals surface area (Å²) in [5, 5.41) is 12.4. The second-order valence-electron chi connectivity index (χ2n) is 7.21. The van der Waals surface area contributed by atoms with E-state index in [9.17, 15) is 14.9 Å². The van der Waals surface area contributed by atoms with Gasteiger partial charge >= 0.3 is 12.0 Å². The number of aromatic nitrogens is 1. The minimum atomic E-state index is -1.45. The van der Waals surface area contributed by atoms with Crippen LogP contribution >= 0.6 is 0 Å². The molecular weight excluding hydrogens is 408 g/mol. The van der Waals surface area contributed by atoms with E-state index < -0.39 is 16.9 Å². The maximum atomic E-state index is 12.1. The highest BCUT2D eigenvalue weighted by molar-refractivity contribution is 5.86. The van der Waals surface area contributed by atoms with Crippen LogP contribution in [0.2, 0.25) is 0 Å². The van der Waals surface area contributed by atoms with Crippen LogP contribution in [0.4, 0.5) is 0 Å². The number of esters is 1. The fourth-order valence-corrected chi connectivity index (χ4v) is 3.62. The molecule has 0 aliphatic carbocycles. The zero-order chi connectivity index (χ0) is 22.5. The summed E-state index contributed by atoms with van der Waals surface area (Å²) in [6.45, 7) is 1.73. The van der Waals surface area contributed by atoms with Crippen molar-refractivity contribution < 1.29 is 19.2 Å². The summed E-state index contributed by atoms with van der Waals surface area (Å²) < 4.78 is 12.7. The number of hydrogen-bond donors (Lipinski definition) is 0. The van der Waals surface area contributed by atoms with Crippen LogP contribution in [-0.4, -0.2) is 28.1 Å². The molecule has 1 unspecified atom stereocenters. The van der Waals surface area contributed by atoms with Gasteiger partial charge in [-0.1, -0.05) is 36.4 Å². The van der Waals surface area contributed by atoms with Gasteiger partial charge in [0.2, 0.25) is 0 Å². The summed E-state index contributed by atoms with van der Waals surface area (Å²) in [4.78, 5) is 23.0. The maximum absolute atomic E-state index is 12.1. The Kier molecular flexibility index (Phi) is 6.17. The first-order valence-electron chi connectivity index (χ1n) is 10.3. The quantitative estimate of drug-likeness (QED) is 0.219. The molecule has 0 fully saturated rings. The van der Waals surface area contributed by atoms with Gasteiger partial charge in [-0.25, -0.2) is 4.79 Å². The third-order valence-electron chi connectivity index (χ3n) is 5.11. The van der Waals surface area contributed by atoms with Crippen molar-refractivity contribution in [1.82, 2.24) is 4.57 Å². The summed E-state index contributed by atoms with van der Waals surface area (Å²) in [7, 11) is 0. The molecular formula is C25H22N2O5. The zero-order valence-corrected chi connectivity index (χ0v) is 17.5. The van der Waals surface area contributed by atoms with Crippen LogP contribution in [0.15, 0.2) is 85.1 Å². The molecule has 1 atom stereocenters. The molecule has 0 aliphatic heterocycles. The first-order chi connectivity index (χ1) is 15.6. The number of carbonyl (C=O) groups excluding carboxylic acids is 1. The number of benzene rings is 3. The van der Waals surface area contributed by atoms with Crippen molar-refractivity contribution >= 4 is 16.9 Å². The normalized spacial score (nSPS) is 11.8. The molecule has 4 rings (SSSR count). The summed E-state index contributed by atoms with van der Waals surface area (Å²) in [6, 6.07) is 23.3. The molecule has 32 heavy (non-hydrogen) atoms. The van der Waals surface area contributed by atoms with Gasteiger partial charge in [-0.2, -0.15) is 0 Å². The molecule has 0 aliphatic rings. The third-order valence-corrected chi connectivity index (χ3v) is 5.11. The van der Waals surface area contributed by atoms with Gasteiger partial charge in [-0.15, -0.1) is 0 Å². The monoisotopic (exact) mass is 430 g/mol. The standard InChI is InChI=1S/C25H22N2O5/c1-2-31-25(28)24(27(29)30)16-18-17-26(23-11-7-6-10-22(18)23)19-12-14-21(15-13-19)32-20-8-4-3-5-9-20/h3-15,17,24H,2,16H2,1H3. The Morgan fingerprint density at radius 2 is 1.62 bits per heavy atom. The fraction of sp³-hybridized carbons (Fsp3) is 0.160. The molecule has 4 aromatic rings. The second kappa shape index (κ2) is 9.34. The van der Waals surface area contributed by atoms with Gasteiger partial charge in [-0.3, -0.25) is 10.1 Å². The van der Waals surface area contributed by atoms with Crippen LogP contribution in [0.1, 0.15) is 12.5 Å². The molecule has 3 aromatic carbocycles. The number of para-hydroxylation sites is 2. The lowest BCUT2D eigenvalue weighted by Crippen LogP contribution is -2.33. The number of nitro groups is 1. The van der Waals surface area contributed by atoms with Gasteiger partial charge in [0.05, 0.1) is 18.5 Å². The lowest BCUT2D eigenvalue weighted by molar-refractivity contribution is -0.510. The van der Waals surface area contributed by atoms with Gasteiger partial charge in [0, 0.05) is 22.2 Å².